The highest BCUT2D eigenvalue weighted by Gasteiger charge is 2.15. The lowest BCUT2D eigenvalue weighted by molar-refractivity contribution is -0.141. The Labute approximate surface area is 117 Å². The Kier molecular flexibility index (Phi) is 5.83. The number of benzene rings is 1. The number of carbonyl (C=O) groups excluding carboxylic acids is 1. The third-order valence-corrected chi connectivity index (χ3v) is 2.98. The van der Waals surface area contributed by atoms with Crippen molar-refractivity contribution in [3.8, 4) is 11.5 Å². The number of hydrogen-bond donors (Lipinski definition) is 3. The lowest BCUT2D eigenvalue weighted by Gasteiger charge is -2.10. The summed E-state index contributed by atoms with van der Waals surface area (Å²) in [5, 5.41) is 21.2. The van der Waals surface area contributed by atoms with E-state index in [9.17, 15) is 14.7 Å². The van der Waals surface area contributed by atoms with Gasteiger partial charge in [-0.1, -0.05) is 13.0 Å². The summed E-state index contributed by atoms with van der Waals surface area (Å²) in [5.41, 5.74) is 0.135. The number of nitrogens with one attached hydrogen (secondary N) is 1. The first-order valence-electron chi connectivity index (χ1n) is 6.34. The Morgan fingerprint density at radius 3 is 2.70 bits per heavy atom. The SMILES string of the molecule is COc1cccc(C(=O)NCCCC(C)C(=O)O)c1O. The van der Waals surface area contributed by atoms with Crippen LogP contribution in [-0.2, 0) is 4.79 Å². The van der Waals surface area contributed by atoms with Gasteiger partial charge in [-0.15, -0.1) is 0 Å². The molecule has 6 heteroatoms. The van der Waals surface area contributed by atoms with Crippen LogP contribution in [-0.4, -0.2) is 35.7 Å². The zero-order chi connectivity index (χ0) is 15.1. The number of aromatic hydroxyl groups is 1. The average Bonchev–Trinajstić information content (AvgIpc) is 2.43. The Morgan fingerprint density at radius 2 is 2.10 bits per heavy atom. The van der Waals surface area contributed by atoms with Crippen molar-refractivity contribution < 1.29 is 24.5 Å². The van der Waals surface area contributed by atoms with Crippen LogP contribution in [0.2, 0.25) is 0 Å². The topological polar surface area (TPSA) is 95.9 Å². The fourth-order valence-corrected chi connectivity index (χ4v) is 1.70. The molecule has 1 rings (SSSR count). The number of phenols is 1. The number of rotatable bonds is 7. The maximum atomic E-state index is 11.9. The maximum absolute atomic E-state index is 11.9. The number of carboxylic acids is 1. The van der Waals surface area contributed by atoms with Crippen LogP contribution in [0.5, 0.6) is 11.5 Å². The van der Waals surface area contributed by atoms with Crippen molar-refractivity contribution in [1.29, 1.82) is 0 Å². The molecule has 0 heterocycles. The lowest BCUT2D eigenvalue weighted by atomic mass is 10.1. The molecule has 0 saturated heterocycles. The summed E-state index contributed by atoms with van der Waals surface area (Å²) in [7, 11) is 1.41. The van der Waals surface area contributed by atoms with Crippen LogP contribution >= 0.6 is 0 Å². The lowest BCUT2D eigenvalue weighted by Crippen LogP contribution is -2.25. The Morgan fingerprint density at radius 1 is 1.40 bits per heavy atom. The highest BCUT2D eigenvalue weighted by molar-refractivity contribution is 5.97. The molecule has 1 unspecified atom stereocenters. The number of phenolic OH excluding ortho intramolecular Hbond substituents is 1. The second-order valence-electron chi connectivity index (χ2n) is 4.49. The highest BCUT2D eigenvalue weighted by Crippen LogP contribution is 2.29. The molecule has 0 bridgehead atoms. The molecular weight excluding hydrogens is 262 g/mol. The van der Waals surface area contributed by atoms with Crippen molar-refractivity contribution in [3.63, 3.8) is 0 Å². The fourth-order valence-electron chi connectivity index (χ4n) is 1.70. The van der Waals surface area contributed by atoms with Crippen LogP contribution < -0.4 is 10.1 Å². The van der Waals surface area contributed by atoms with Crippen molar-refractivity contribution in [3.05, 3.63) is 23.8 Å². The quantitative estimate of drug-likeness (QED) is 0.660. The largest absolute Gasteiger partial charge is 0.504 e. The van der Waals surface area contributed by atoms with E-state index in [1.807, 2.05) is 0 Å². The van der Waals surface area contributed by atoms with E-state index in [1.54, 1.807) is 19.1 Å². The van der Waals surface area contributed by atoms with Gasteiger partial charge in [0.1, 0.15) is 0 Å². The van der Waals surface area contributed by atoms with Crippen molar-refractivity contribution in [2.45, 2.75) is 19.8 Å². The second-order valence-corrected chi connectivity index (χ2v) is 4.49. The molecule has 3 N–H and O–H groups in total. The maximum Gasteiger partial charge on any atom is 0.306 e. The molecule has 0 aliphatic carbocycles. The van der Waals surface area contributed by atoms with E-state index in [2.05, 4.69) is 5.32 Å². The molecule has 0 aromatic heterocycles. The molecule has 1 amide bonds. The molecular formula is C14H19NO5. The summed E-state index contributed by atoms with van der Waals surface area (Å²) < 4.78 is 4.92. The van der Waals surface area contributed by atoms with E-state index in [-0.39, 0.29) is 17.1 Å². The van der Waals surface area contributed by atoms with Crippen molar-refractivity contribution in [2.75, 3.05) is 13.7 Å². The van der Waals surface area contributed by atoms with E-state index in [0.717, 1.165) is 0 Å². The van der Waals surface area contributed by atoms with E-state index in [0.29, 0.717) is 19.4 Å². The minimum Gasteiger partial charge on any atom is -0.504 e. The normalized spacial score (nSPS) is 11.7. The summed E-state index contributed by atoms with van der Waals surface area (Å²) in [6, 6.07) is 4.66. The fraction of sp³-hybridized carbons (Fsp3) is 0.429. The molecule has 0 saturated carbocycles. The zero-order valence-electron chi connectivity index (χ0n) is 11.5. The monoisotopic (exact) mass is 281 g/mol. The number of para-hydroxylation sites is 1. The third kappa shape index (κ3) is 4.15. The molecule has 0 spiro atoms. The molecule has 110 valence electrons. The van der Waals surface area contributed by atoms with Crippen LogP contribution in [0.15, 0.2) is 18.2 Å². The number of carbonyl (C=O) groups is 2. The Balaban J connectivity index is 2.50. The van der Waals surface area contributed by atoms with Gasteiger partial charge in [-0.05, 0) is 25.0 Å². The van der Waals surface area contributed by atoms with Gasteiger partial charge in [0, 0.05) is 6.54 Å². The smallest absolute Gasteiger partial charge is 0.306 e. The van der Waals surface area contributed by atoms with E-state index >= 15 is 0 Å². The van der Waals surface area contributed by atoms with Crippen LogP contribution in [0, 0.1) is 5.92 Å². The summed E-state index contributed by atoms with van der Waals surface area (Å²) in [5.74, 6) is -1.66. The van der Waals surface area contributed by atoms with Crippen LogP contribution in [0.1, 0.15) is 30.1 Å². The van der Waals surface area contributed by atoms with Crippen LogP contribution in [0.25, 0.3) is 0 Å². The summed E-state index contributed by atoms with van der Waals surface area (Å²) in [6.07, 6.45) is 1.05. The standard InChI is InChI=1S/C14H19NO5/c1-9(14(18)19)5-4-8-15-13(17)10-6-3-7-11(20-2)12(10)16/h3,6-7,9,16H,4-5,8H2,1-2H3,(H,15,17)(H,18,19). The van der Waals surface area contributed by atoms with E-state index < -0.39 is 17.8 Å². The second kappa shape index (κ2) is 7.37. The van der Waals surface area contributed by atoms with Gasteiger partial charge in [0.05, 0.1) is 18.6 Å². The molecule has 0 aliphatic rings. The average molecular weight is 281 g/mol. The van der Waals surface area contributed by atoms with Crippen molar-refractivity contribution in [2.24, 2.45) is 5.92 Å². The highest BCUT2D eigenvalue weighted by atomic mass is 16.5. The zero-order valence-corrected chi connectivity index (χ0v) is 11.5. The molecule has 1 atom stereocenters. The number of hydrogen-bond acceptors (Lipinski definition) is 4. The third-order valence-electron chi connectivity index (χ3n) is 2.98. The molecule has 0 radical (unpaired) electrons. The first kappa shape index (κ1) is 15.8. The van der Waals surface area contributed by atoms with Crippen LogP contribution in [0.4, 0.5) is 0 Å². The summed E-state index contributed by atoms with van der Waals surface area (Å²) >= 11 is 0. The first-order chi connectivity index (χ1) is 9.47. The van der Waals surface area contributed by atoms with Gasteiger partial charge in [0.25, 0.3) is 5.91 Å². The summed E-state index contributed by atoms with van der Waals surface area (Å²) in [4.78, 5) is 22.5. The molecule has 6 nitrogen and oxygen atoms in total. The number of aliphatic carboxylic acids is 1. The molecule has 1 aromatic rings. The van der Waals surface area contributed by atoms with Gasteiger partial charge in [-0.25, -0.2) is 0 Å². The minimum absolute atomic E-state index is 0.135. The minimum atomic E-state index is -0.846. The van der Waals surface area contributed by atoms with Crippen LogP contribution in [0.3, 0.4) is 0 Å². The molecule has 20 heavy (non-hydrogen) atoms. The first-order valence-corrected chi connectivity index (χ1v) is 6.34. The van der Waals surface area contributed by atoms with Gasteiger partial charge < -0.3 is 20.3 Å². The Hall–Kier alpha value is -2.24. The predicted molar refractivity (Wildman–Crippen MR) is 73.0 cm³/mol. The number of ether oxygens (including phenoxy) is 1. The van der Waals surface area contributed by atoms with Gasteiger partial charge in [-0.2, -0.15) is 0 Å². The number of amides is 1. The summed E-state index contributed by atoms with van der Waals surface area (Å²) in [6.45, 7) is 1.98. The molecule has 0 fully saturated rings. The predicted octanol–water partition coefficient (Wildman–Crippen LogP) is 1.63. The van der Waals surface area contributed by atoms with E-state index in [4.69, 9.17) is 9.84 Å². The van der Waals surface area contributed by atoms with Crippen molar-refractivity contribution in [1.82, 2.24) is 5.32 Å². The van der Waals surface area contributed by atoms with Gasteiger partial charge in [0.2, 0.25) is 0 Å². The van der Waals surface area contributed by atoms with Gasteiger partial charge >= 0.3 is 5.97 Å². The van der Waals surface area contributed by atoms with Gasteiger partial charge in [0.15, 0.2) is 11.5 Å². The molecule has 1 aromatic carbocycles. The van der Waals surface area contributed by atoms with E-state index in [1.165, 1.54) is 13.2 Å². The number of carboxylic acid groups (broad SMARTS) is 1. The van der Waals surface area contributed by atoms with Gasteiger partial charge in [-0.3, -0.25) is 9.59 Å². The molecule has 0 aliphatic heterocycles. The van der Waals surface area contributed by atoms with Crippen molar-refractivity contribution >= 4 is 11.9 Å². The Bertz CT molecular complexity index is 486. The number of methoxy groups -OCH3 is 1.